The largest absolute Gasteiger partial charge is 0.234 e. The van der Waals surface area contributed by atoms with Gasteiger partial charge < -0.3 is 0 Å². The van der Waals surface area contributed by atoms with Crippen LogP contribution in [0.15, 0.2) is 4.36 Å². The Morgan fingerprint density at radius 3 is 2.00 bits per heavy atom. The summed E-state index contributed by atoms with van der Waals surface area (Å²) in [5.41, 5.74) is 0. The van der Waals surface area contributed by atoms with E-state index < -0.39 is 9.92 Å². The van der Waals surface area contributed by atoms with Crippen LogP contribution >= 0.6 is 0 Å². The second kappa shape index (κ2) is 3.34. The molecule has 0 aliphatic rings. The molecule has 0 radical (unpaired) electrons. The maximum absolute atomic E-state index is 11.5. The molecule has 1 unspecified atom stereocenters. The van der Waals surface area contributed by atoms with Gasteiger partial charge in [-0.15, -0.1) is 0 Å². The van der Waals surface area contributed by atoms with Crippen molar-refractivity contribution in [1.82, 2.24) is 4.31 Å². The van der Waals surface area contributed by atoms with Gasteiger partial charge in [-0.05, 0) is 13.8 Å². The molecule has 0 spiro atoms. The molecule has 0 rings (SSSR count). The normalized spacial score (nSPS) is 17.5. The van der Waals surface area contributed by atoms with E-state index in [0.717, 1.165) is 0 Å². The molecule has 1 atom stereocenters. The minimum atomic E-state index is -2.09. The van der Waals surface area contributed by atoms with Gasteiger partial charge in [0.2, 0.25) is 0 Å². The molecule has 0 fully saturated rings. The Morgan fingerprint density at radius 1 is 1.50 bits per heavy atom. The lowest BCUT2D eigenvalue weighted by molar-refractivity contribution is 0.440. The first-order valence-corrected chi connectivity index (χ1v) is 5.13. The predicted octanol–water partition coefficient (Wildman–Crippen LogP) is 0.969. The summed E-state index contributed by atoms with van der Waals surface area (Å²) in [5, 5.41) is 0. The molecule has 0 bridgehead atoms. The molecule has 62 valence electrons. The van der Waals surface area contributed by atoms with E-state index in [9.17, 15) is 4.21 Å². The summed E-state index contributed by atoms with van der Waals surface area (Å²) in [6.07, 6.45) is 1.65. The highest BCUT2D eigenvalue weighted by molar-refractivity contribution is 7.90. The second-order valence-corrected chi connectivity index (χ2v) is 5.05. The maximum atomic E-state index is 11.5. The molecule has 0 aromatic rings. The van der Waals surface area contributed by atoms with Crippen LogP contribution in [0.3, 0.4) is 0 Å². The van der Waals surface area contributed by atoms with Crippen molar-refractivity contribution in [3.8, 4) is 0 Å². The SMILES string of the molecule is CN=S(C)(=O)N(C)C(C)C. The van der Waals surface area contributed by atoms with Gasteiger partial charge in [-0.25, -0.2) is 12.9 Å². The maximum Gasteiger partial charge on any atom is 0.107 e. The molecule has 0 N–H and O–H groups in total. The number of hydrogen-bond acceptors (Lipinski definition) is 2. The van der Waals surface area contributed by atoms with E-state index in [-0.39, 0.29) is 6.04 Å². The van der Waals surface area contributed by atoms with Crippen molar-refractivity contribution in [1.29, 1.82) is 0 Å². The standard InChI is InChI=1S/C6H16N2OS/c1-6(2)8(4)10(5,9)7-3/h6H,1-5H3. The molecule has 0 heterocycles. The fourth-order valence-electron chi connectivity index (χ4n) is 0.520. The minimum absolute atomic E-state index is 0.279. The third kappa shape index (κ3) is 2.27. The summed E-state index contributed by atoms with van der Waals surface area (Å²) >= 11 is 0. The van der Waals surface area contributed by atoms with E-state index in [1.807, 2.05) is 20.9 Å². The van der Waals surface area contributed by atoms with Crippen molar-refractivity contribution in [2.24, 2.45) is 4.36 Å². The zero-order chi connectivity index (χ0) is 8.36. The smallest absolute Gasteiger partial charge is 0.107 e. The van der Waals surface area contributed by atoms with Crippen LogP contribution in [0.5, 0.6) is 0 Å². The molecular weight excluding hydrogens is 148 g/mol. The Balaban J connectivity index is 4.52. The molecule has 0 amide bonds. The van der Waals surface area contributed by atoms with Gasteiger partial charge in [0.25, 0.3) is 0 Å². The molecule has 0 saturated carbocycles. The topological polar surface area (TPSA) is 32.7 Å². The average Bonchev–Trinajstić information content (AvgIpc) is 1.86. The Morgan fingerprint density at radius 2 is 1.90 bits per heavy atom. The van der Waals surface area contributed by atoms with E-state index in [4.69, 9.17) is 0 Å². The van der Waals surface area contributed by atoms with Crippen LogP contribution in [0.2, 0.25) is 0 Å². The van der Waals surface area contributed by atoms with Crippen LogP contribution < -0.4 is 0 Å². The summed E-state index contributed by atoms with van der Waals surface area (Å²) in [4.78, 5) is 0. The van der Waals surface area contributed by atoms with Crippen molar-refractivity contribution >= 4 is 9.92 Å². The van der Waals surface area contributed by atoms with Gasteiger partial charge in [0, 0.05) is 26.4 Å². The van der Waals surface area contributed by atoms with Crippen LogP contribution in [0, 0.1) is 0 Å². The molecule has 0 aliphatic carbocycles. The van der Waals surface area contributed by atoms with E-state index in [2.05, 4.69) is 4.36 Å². The monoisotopic (exact) mass is 164 g/mol. The molecule has 0 saturated heterocycles. The zero-order valence-electron chi connectivity index (χ0n) is 7.29. The lowest BCUT2D eigenvalue weighted by Gasteiger charge is -2.21. The van der Waals surface area contributed by atoms with Gasteiger partial charge in [0.15, 0.2) is 0 Å². The first-order chi connectivity index (χ1) is 4.41. The van der Waals surface area contributed by atoms with Crippen LogP contribution in [-0.4, -0.2) is 34.9 Å². The Kier molecular flexibility index (Phi) is 3.31. The molecule has 10 heavy (non-hydrogen) atoms. The van der Waals surface area contributed by atoms with E-state index in [1.54, 1.807) is 17.6 Å². The van der Waals surface area contributed by atoms with E-state index in [1.165, 1.54) is 0 Å². The summed E-state index contributed by atoms with van der Waals surface area (Å²) in [6.45, 7) is 3.99. The van der Waals surface area contributed by atoms with Crippen molar-refractivity contribution in [3.63, 3.8) is 0 Å². The number of nitrogens with zero attached hydrogens (tertiary/aromatic N) is 2. The molecule has 3 nitrogen and oxygen atoms in total. The fourth-order valence-corrected chi connectivity index (χ4v) is 1.56. The third-order valence-corrected chi connectivity index (χ3v) is 3.77. The Hall–Kier alpha value is -0.0900. The molecule has 0 aliphatic heterocycles. The van der Waals surface area contributed by atoms with Crippen molar-refractivity contribution in [2.45, 2.75) is 19.9 Å². The van der Waals surface area contributed by atoms with Gasteiger partial charge in [-0.3, -0.25) is 0 Å². The van der Waals surface area contributed by atoms with Gasteiger partial charge in [-0.2, -0.15) is 0 Å². The van der Waals surface area contributed by atoms with E-state index in [0.29, 0.717) is 0 Å². The van der Waals surface area contributed by atoms with Crippen molar-refractivity contribution in [3.05, 3.63) is 0 Å². The van der Waals surface area contributed by atoms with Crippen LogP contribution in [-0.2, 0) is 9.92 Å². The Bertz CT molecular complexity index is 204. The highest BCUT2D eigenvalue weighted by Crippen LogP contribution is 2.02. The van der Waals surface area contributed by atoms with Gasteiger partial charge in [0.1, 0.15) is 9.92 Å². The van der Waals surface area contributed by atoms with Crippen molar-refractivity contribution in [2.75, 3.05) is 20.4 Å². The molecule has 0 aromatic heterocycles. The van der Waals surface area contributed by atoms with Crippen LogP contribution in [0.1, 0.15) is 13.8 Å². The molecule has 4 heteroatoms. The van der Waals surface area contributed by atoms with E-state index >= 15 is 0 Å². The van der Waals surface area contributed by atoms with Crippen LogP contribution in [0.25, 0.3) is 0 Å². The lowest BCUT2D eigenvalue weighted by atomic mass is 10.4. The first-order valence-electron chi connectivity index (χ1n) is 3.25. The minimum Gasteiger partial charge on any atom is -0.234 e. The van der Waals surface area contributed by atoms with Gasteiger partial charge in [-0.1, -0.05) is 0 Å². The predicted molar refractivity (Wildman–Crippen MR) is 45.3 cm³/mol. The number of hydrogen-bond donors (Lipinski definition) is 0. The van der Waals surface area contributed by atoms with Crippen molar-refractivity contribution < 1.29 is 4.21 Å². The fraction of sp³-hybridized carbons (Fsp3) is 1.00. The first kappa shape index (κ1) is 9.91. The zero-order valence-corrected chi connectivity index (χ0v) is 8.10. The van der Waals surface area contributed by atoms with Gasteiger partial charge in [0.05, 0.1) is 0 Å². The molecular formula is C6H16N2OS. The summed E-state index contributed by atoms with van der Waals surface area (Å²) in [7, 11) is 1.31. The molecule has 0 aromatic carbocycles. The summed E-state index contributed by atoms with van der Waals surface area (Å²) in [5.74, 6) is 0. The Labute approximate surface area is 63.7 Å². The van der Waals surface area contributed by atoms with Gasteiger partial charge >= 0.3 is 0 Å². The highest BCUT2D eigenvalue weighted by Gasteiger charge is 2.11. The third-order valence-electron chi connectivity index (χ3n) is 1.60. The summed E-state index contributed by atoms with van der Waals surface area (Å²) < 4.78 is 17.0. The quantitative estimate of drug-likeness (QED) is 0.598. The summed E-state index contributed by atoms with van der Waals surface area (Å²) in [6, 6.07) is 0.279. The second-order valence-electron chi connectivity index (χ2n) is 2.59. The lowest BCUT2D eigenvalue weighted by Crippen LogP contribution is -2.31. The highest BCUT2D eigenvalue weighted by atomic mass is 32.2. The van der Waals surface area contributed by atoms with Crippen LogP contribution in [0.4, 0.5) is 0 Å². The number of rotatable bonds is 2. The average molecular weight is 164 g/mol.